The van der Waals surface area contributed by atoms with Crippen molar-refractivity contribution in [2.24, 2.45) is 5.73 Å². The number of aromatic nitrogens is 1. The molecule has 1 aromatic rings. The van der Waals surface area contributed by atoms with E-state index in [0.717, 1.165) is 5.69 Å². The Kier molecular flexibility index (Phi) is 3.69. The molecule has 0 radical (unpaired) electrons. The second kappa shape index (κ2) is 4.68. The van der Waals surface area contributed by atoms with Crippen LogP contribution in [0.4, 0.5) is 0 Å². The highest BCUT2D eigenvalue weighted by atomic mass is 32.1. The van der Waals surface area contributed by atoms with E-state index in [1.165, 1.54) is 4.57 Å². The maximum atomic E-state index is 12.0. The molecule has 0 aromatic carbocycles. The van der Waals surface area contributed by atoms with Crippen LogP contribution in [0.25, 0.3) is 0 Å². The Labute approximate surface area is 106 Å². The minimum Gasteiger partial charge on any atom is -0.392 e. The van der Waals surface area contributed by atoms with E-state index in [1.54, 1.807) is 12.1 Å². The normalized spacial score (nSPS) is 10.9. The van der Waals surface area contributed by atoms with Crippen molar-refractivity contribution in [1.29, 1.82) is 5.26 Å². The summed E-state index contributed by atoms with van der Waals surface area (Å²) >= 11 is 4.83. The third kappa shape index (κ3) is 2.92. The minimum atomic E-state index is -0.340. The second-order valence-electron chi connectivity index (χ2n) is 4.85. The van der Waals surface area contributed by atoms with Crippen LogP contribution in [0.5, 0.6) is 0 Å². The van der Waals surface area contributed by atoms with Gasteiger partial charge in [0.2, 0.25) is 0 Å². The van der Waals surface area contributed by atoms with Crippen molar-refractivity contribution in [1.82, 2.24) is 4.57 Å². The molecule has 90 valence electrons. The van der Waals surface area contributed by atoms with Gasteiger partial charge in [0, 0.05) is 11.1 Å². The van der Waals surface area contributed by atoms with E-state index in [0.29, 0.717) is 0 Å². The lowest BCUT2D eigenvalue weighted by molar-refractivity contribution is 0.524. The van der Waals surface area contributed by atoms with Gasteiger partial charge in [-0.1, -0.05) is 33.0 Å². The summed E-state index contributed by atoms with van der Waals surface area (Å²) in [6, 6.07) is 5.19. The lowest BCUT2D eigenvalue weighted by Crippen LogP contribution is -2.34. The molecule has 0 fully saturated rings. The van der Waals surface area contributed by atoms with Crippen LogP contribution in [0, 0.1) is 11.3 Å². The number of thiocarbonyl (C=S) groups is 1. The minimum absolute atomic E-state index is 0.106. The molecule has 0 aliphatic heterocycles. The van der Waals surface area contributed by atoms with E-state index in [2.05, 4.69) is 0 Å². The molecule has 1 rings (SSSR count). The predicted molar refractivity (Wildman–Crippen MR) is 70.9 cm³/mol. The number of hydrogen-bond donors (Lipinski definition) is 1. The summed E-state index contributed by atoms with van der Waals surface area (Å²) in [5, 5.41) is 8.84. The number of rotatable bonds is 2. The van der Waals surface area contributed by atoms with Crippen molar-refractivity contribution in [3.63, 3.8) is 0 Å². The quantitative estimate of drug-likeness (QED) is 0.802. The van der Waals surface area contributed by atoms with E-state index in [9.17, 15) is 4.79 Å². The molecule has 0 saturated heterocycles. The van der Waals surface area contributed by atoms with Gasteiger partial charge in [-0.05, 0) is 12.1 Å². The Morgan fingerprint density at radius 2 is 2.12 bits per heavy atom. The molecule has 0 spiro atoms. The van der Waals surface area contributed by atoms with E-state index in [1.807, 2.05) is 26.8 Å². The molecule has 0 bridgehead atoms. The molecule has 0 amide bonds. The Morgan fingerprint density at radius 3 is 2.53 bits per heavy atom. The molecular formula is C12H15N3OS. The third-order valence-electron chi connectivity index (χ3n) is 2.38. The number of nitrogens with zero attached hydrogens (tertiary/aromatic N) is 2. The van der Waals surface area contributed by atoms with Gasteiger partial charge in [-0.2, -0.15) is 5.26 Å². The highest BCUT2D eigenvalue weighted by molar-refractivity contribution is 7.80. The van der Waals surface area contributed by atoms with Crippen molar-refractivity contribution in [3.8, 4) is 6.07 Å². The molecule has 0 unspecified atom stereocenters. The molecule has 0 aliphatic carbocycles. The monoisotopic (exact) mass is 249 g/mol. The highest BCUT2D eigenvalue weighted by Gasteiger charge is 2.20. The fourth-order valence-electron chi connectivity index (χ4n) is 1.63. The molecule has 0 atom stereocenters. The van der Waals surface area contributed by atoms with Crippen molar-refractivity contribution >= 4 is 17.2 Å². The number of hydrogen-bond acceptors (Lipinski definition) is 3. The molecule has 5 heteroatoms. The number of pyridine rings is 1. The van der Waals surface area contributed by atoms with E-state index in [4.69, 9.17) is 23.2 Å². The zero-order chi connectivity index (χ0) is 13.2. The van der Waals surface area contributed by atoms with Gasteiger partial charge < -0.3 is 10.3 Å². The third-order valence-corrected chi connectivity index (χ3v) is 2.51. The van der Waals surface area contributed by atoms with Gasteiger partial charge >= 0.3 is 0 Å². The van der Waals surface area contributed by atoms with Gasteiger partial charge in [0.15, 0.2) is 0 Å². The van der Waals surface area contributed by atoms with Gasteiger partial charge in [0.25, 0.3) is 5.56 Å². The van der Waals surface area contributed by atoms with E-state index in [-0.39, 0.29) is 28.1 Å². The van der Waals surface area contributed by atoms with Gasteiger partial charge in [-0.25, -0.2) is 0 Å². The Bertz CT molecular complexity index is 546. The molecule has 2 N–H and O–H groups in total. The summed E-state index contributed by atoms with van der Waals surface area (Å²) in [5.41, 5.74) is 5.86. The first-order valence-electron chi connectivity index (χ1n) is 5.20. The van der Waals surface area contributed by atoms with Crippen LogP contribution in [0.2, 0.25) is 0 Å². The molecule has 1 aromatic heterocycles. The van der Waals surface area contributed by atoms with Gasteiger partial charge in [-0.15, -0.1) is 0 Å². The molecule has 0 saturated carbocycles. The van der Waals surface area contributed by atoms with E-state index < -0.39 is 0 Å². The van der Waals surface area contributed by atoms with Crippen molar-refractivity contribution in [3.05, 3.63) is 33.7 Å². The van der Waals surface area contributed by atoms with Crippen LogP contribution in [-0.2, 0) is 12.0 Å². The topological polar surface area (TPSA) is 71.8 Å². The lowest BCUT2D eigenvalue weighted by atomic mass is 9.91. The second-order valence-corrected chi connectivity index (χ2v) is 5.38. The Hall–Kier alpha value is -1.67. The van der Waals surface area contributed by atoms with Gasteiger partial charge in [0.1, 0.15) is 11.6 Å². The fraction of sp³-hybridized carbons (Fsp3) is 0.417. The van der Waals surface area contributed by atoms with Crippen molar-refractivity contribution in [2.75, 3.05) is 0 Å². The van der Waals surface area contributed by atoms with Crippen LogP contribution in [0.1, 0.15) is 32.0 Å². The van der Waals surface area contributed by atoms with Crippen LogP contribution in [0.3, 0.4) is 0 Å². The molecule has 17 heavy (non-hydrogen) atoms. The average molecular weight is 249 g/mol. The zero-order valence-electron chi connectivity index (χ0n) is 10.2. The maximum Gasteiger partial charge on any atom is 0.269 e. The van der Waals surface area contributed by atoms with Gasteiger partial charge in [0.05, 0.1) is 11.5 Å². The Morgan fingerprint density at radius 1 is 1.53 bits per heavy atom. The average Bonchev–Trinajstić information content (AvgIpc) is 2.18. The van der Waals surface area contributed by atoms with Crippen LogP contribution in [0.15, 0.2) is 16.9 Å². The number of nitrogens with two attached hydrogens (primary N) is 1. The maximum absolute atomic E-state index is 12.0. The summed E-state index contributed by atoms with van der Waals surface area (Å²) in [7, 11) is 0. The number of nitriles is 1. The van der Waals surface area contributed by atoms with Crippen LogP contribution >= 0.6 is 12.2 Å². The first kappa shape index (κ1) is 13.4. The van der Waals surface area contributed by atoms with Crippen LogP contribution < -0.4 is 11.3 Å². The first-order valence-corrected chi connectivity index (χ1v) is 5.61. The SMILES string of the molecule is CC(C)(C)c1ccc(C#N)c(=O)n1CC(N)=S. The zero-order valence-corrected chi connectivity index (χ0v) is 11.0. The van der Waals surface area contributed by atoms with Crippen LogP contribution in [-0.4, -0.2) is 9.56 Å². The Balaban J connectivity index is 3.54. The van der Waals surface area contributed by atoms with E-state index >= 15 is 0 Å². The summed E-state index contributed by atoms with van der Waals surface area (Å²) in [5.74, 6) is 0. The largest absolute Gasteiger partial charge is 0.392 e. The lowest BCUT2D eigenvalue weighted by Gasteiger charge is -2.24. The van der Waals surface area contributed by atoms with Crippen molar-refractivity contribution in [2.45, 2.75) is 32.7 Å². The smallest absolute Gasteiger partial charge is 0.269 e. The highest BCUT2D eigenvalue weighted by Crippen LogP contribution is 2.21. The molecular weight excluding hydrogens is 234 g/mol. The molecule has 4 nitrogen and oxygen atoms in total. The predicted octanol–water partition coefficient (Wildman–Crippen LogP) is 1.30. The summed E-state index contributed by atoms with van der Waals surface area (Å²) in [6.45, 7) is 6.13. The fourth-order valence-corrected chi connectivity index (χ4v) is 1.76. The first-order chi connectivity index (χ1) is 7.77. The molecule has 0 aliphatic rings. The molecule has 1 heterocycles. The standard InChI is InChI=1S/C12H15N3OS/c1-12(2,3)9-5-4-8(6-13)11(16)15(9)7-10(14)17/h4-5H,7H2,1-3H3,(H2,14,17). The van der Waals surface area contributed by atoms with Gasteiger partial charge in [-0.3, -0.25) is 4.79 Å². The summed E-state index contributed by atoms with van der Waals surface area (Å²) < 4.78 is 1.47. The van der Waals surface area contributed by atoms with Crippen molar-refractivity contribution < 1.29 is 0 Å². The summed E-state index contributed by atoms with van der Waals surface area (Å²) in [4.78, 5) is 12.3. The summed E-state index contributed by atoms with van der Waals surface area (Å²) in [6.07, 6.45) is 0.